The van der Waals surface area contributed by atoms with E-state index < -0.39 is 34.3 Å². The summed E-state index contributed by atoms with van der Waals surface area (Å²) in [4.78, 5) is 33.9. The van der Waals surface area contributed by atoms with Crippen LogP contribution in [0, 0.1) is 29.1 Å². The van der Waals surface area contributed by atoms with E-state index in [1.165, 1.54) is 6.08 Å². The van der Waals surface area contributed by atoms with Gasteiger partial charge in [0.25, 0.3) is 0 Å². The molecule has 1 aromatic carbocycles. The quantitative estimate of drug-likeness (QED) is 0.264. The van der Waals surface area contributed by atoms with E-state index in [1.807, 2.05) is 6.07 Å². The van der Waals surface area contributed by atoms with Gasteiger partial charge in [-0.25, -0.2) is 4.79 Å². The maximum absolute atomic E-state index is 14.4. The smallest absolute Gasteiger partial charge is 0.340 e. The summed E-state index contributed by atoms with van der Waals surface area (Å²) in [6, 6.07) is 10.5. The zero-order valence-electron chi connectivity index (χ0n) is 29.3. The van der Waals surface area contributed by atoms with Gasteiger partial charge in [0, 0.05) is 82.0 Å². The van der Waals surface area contributed by atoms with E-state index in [2.05, 4.69) is 22.1 Å². The standard InChI is InChI=1S/C39H49N3O8/c1-5-42-22-36(50-35(44)26-10-6-7-11-28(26)41-32(43)13-12-23-9-8-16-40-21-23)15-14-31(48-3)38-29(36)19-27(33(38)42)37(45)20-25(47-2)17-24-18-30(38)39(37,46)34(24)49-4/h6-13,16,21,24-25,27,29-31,33-34,45-46H,5,14-15,17-20,22H2,1-4H3,(H,41,43)/b13-12+/t24-,25+,27+,29+,30-,31-,33?,34-,36+,37-,38-,39-/m0/s1. The van der Waals surface area contributed by atoms with Gasteiger partial charge in [-0.2, -0.15) is 0 Å². The molecular weight excluding hydrogens is 638 g/mol. The number of likely N-dealkylation sites (tertiary alicyclic amines) is 1. The van der Waals surface area contributed by atoms with Gasteiger partial charge in [0.05, 0.1) is 29.6 Å². The molecule has 50 heavy (non-hydrogen) atoms. The van der Waals surface area contributed by atoms with Gasteiger partial charge in [-0.15, -0.1) is 0 Å². The molecule has 1 saturated heterocycles. The van der Waals surface area contributed by atoms with Crippen LogP contribution in [0.4, 0.5) is 5.69 Å². The van der Waals surface area contributed by atoms with Gasteiger partial charge in [-0.05, 0) is 74.4 Å². The number of nitrogens with one attached hydrogen (secondary N) is 1. The van der Waals surface area contributed by atoms with Crippen molar-refractivity contribution < 1.29 is 38.7 Å². The van der Waals surface area contributed by atoms with Gasteiger partial charge < -0.3 is 34.5 Å². The molecular formula is C39H49N3O8. The van der Waals surface area contributed by atoms with Gasteiger partial charge >= 0.3 is 5.97 Å². The number of carbonyl (C=O) groups excluding carboxylic acids is 2. The molecule has 1 unspecified atom stereocenters. The third-order valence-electron chi connectivity index (χ3n) is 13.9. The summed E-state index contributed by atoms with van der Waals surface area (Å²) in [6.45, 7) is 3.33. The van der Waals surface area contributed by atoms with E-state index in [-0.39, 0.29) is 53.4 Å². The van der Waals surface area contributed by atoms with E-state index in [0.717, 1.165) is 5.56 Å². The van der Waals surface area contributed by atoms with E-state index in [1.54, 1.807) is 70.1 Å². The van der Waals surface area contributed by atoms with Gasteiger partial charge in [0.1, 0.15) is 16.8 Å². The third-order valence-corrected chi connectivity index (χ3v) is 13.9. The maximum Gasteiger partial charge on any atom is 0.340 e. The number of pyridine rings is 1. The summed E-state index contributed by atoms with van der Waals surface area (Å²) in [5.74, 6) is -1.70. The second-order valence-electron chi connectivity index (χ2n) is 15.5. The second-order valence-corrected chi connectivity index (χ2v) is 15.5. The third kappa shape index (κ3) is 4.46. The topological polar surface area (TPSA) is 140 Å². The largest absolute Gasteiger partial charge is 0.454 e. The normalized spacial score (nSPS) is 42.7. The number of amides is 1. The molecule has 5 saturated carbocycles. The number of benzene rings is 1. The number of rotatable bonds is 9. The predicted molar refractivity (Wildman–Crippen MR) is 184 cm³/mol. The van der Waals surface area contributed by atoms with Gasteiger partial charge in [0.2, 0.25) is 5.91 Å². The zero-order chi connectivity index (χ0) is 35.1. The summed E-state index contributed by atoms with van der Waals surface area (Å²) < 4.78 is 25.3. The van der Waals surface area contributed by atoms with Crippen molar-refractivity contribution >= 4 is 23.6 Å². The first-order chi connectivity index (χ1) is 24.1. The molecule has 6 fully saturated rings. The lowest BCUT2D eigenvalue weighted by Gasteiger charge is -2.70. The lowest BCUT2D eigenvalue weighted by Crippen LogP contribution is -2.82. The van der Waals surface area contributed by atoms with Crippen LogP contribution in [-0.4, -0.2) is 108 Å². The van der Waals surface area contributed by atoms with Crippen molar-refractivity contribution in [2.24, 2.45) is 29.1 Å². The van der Waals surface area contributed by atoms with E-state index in [0.29, 0.717) is 57.3 Å². The molecule has 1 aliphatic heterocycles. The SMILES string of the molecule is CCN1C[C@]2(OC(=O)c3ccccc3NC(=O)/C=C/c3cccnc3)CC[C@H](OC)[C@]34C1[C@@H](C[C@H]23)[C@@]1(O)C[C@H](OC)C[C@H]2C[C@@H]4[C@]1(O)[C@H]2OC. The van der Waals surface area contributed by atoms with Crippen LogP contribution in [0.5, 0.6) is 0 Å². The Morgan fingerprint density at radius 2 is 1.86 bits per heavy atom. The lowest BCUT2D eigenvalue weighted by atomic mass is 9.43. The summed E-state index contributed by atoms with van der Waals surface area (Å²) in [5, 5.41) is 29.1. The molecule has 8 rings (SSSR count). The molecule has 0 radical (unpaired) electrons. The molecule has 2 aromatic rings. The van der Waals surface area contributed by atoms with E-state index in [4.69, 9.17) is 18.9 Å². The molecule has 5 aliphatic carbocycles. The molecule has 1 amide bonds. The number of para-hydroxylation sites is 1. The highest BCUT2D eigenvalue weighted by atomic mass is 16.6. The van der Waals surface area contributed by atoms with E-state index in [9.17, 15) is 19.8 Å². The first-order valence-electron chi connectivity index (χ1n) is 18.1. The van der Waals surface area contributed by atoms with Crippen LogP contribution < -0.4 is 5.32 Å². The van der Waals surface area contributed by atoms with Crippen molar-refractivity contribution in [3.8, 4) is 0 Å². The highest BCUT2D eigenvalue weighted by Gasteiger charge is 2.88. The van der Waals surface area contributed by atoms with Crippen molar-refractivity contribution in [1.82, 2.24) is 9.88 Å². The summed E-state index contributed by atoms with van der Waals surface area (Å²) in [6.07, 6.45) is 8.97. The number of anilines is 1. The fourth-order valence-electron chi connectivity index (χ4n) is 12.4. The minimum Gasteiger partial charge on any atom is -0.454 e. The molecule has 1 aromatic heterocycles. The van der Waals surface area contributed by atoms with Crippen molar-refractivity contribution in [2.45, 2.75) is 86.6 Å². The van der Waals surface area contributed by atoms with E-state index >= 15 is 0 Å². The number of esters is 1. The molecule has 11 heteroatoms. The highest BCUT2D eigenvalue weighted by molar-refractivity contribution is 6.06. The van der Waals surface area contributed by atoms with Crippen LogP contribution in [0.2, 0.25) is 0 Å². The average molecular weight is 688 g/mol. The molecule has 6 aliphatic rings. The molecule has 3 N–H and O–H groups in total. The number of fused-ring (bicyclic) bond motifs is 2. The Labute approximate surface area is 293 Å². The molecule has 11 nitrogen and oxygen atoms in total. The number of ether oxygens (including phenoxy) is 4. The fraction of sp³-hybridized carbons (Fsp3) is 0.615. The summed E-state index contributed by atoms with van der Waals surface area (Å²) in [7, 11) is 5.09. The molecule has 7 bridgehead atoms. The first-order valence-corrected chi connectivity index (χ1v) is 18.1. The Bertz CT molecular complexity index is 1670. The number of likely N-dealkylation sites (N-methyl/N-ethyl adjacent to an activating group) is 1. The van der Waals surface area contributed by atoms with Crippen LogP contribution in [0.1, 0.15) is 61.4 Å². The fourth-order valence-corrected chi connectivity index (χ4v) is 12.4. The Morgan fingerprint density at radius 1 is 1.04 bits per heavy atom. The minimum absolute atomic E-state index is 0.00224. The highest BCUT2D eigenvalue weighted by Crippen LogP contribution is 2.78. The molecule has 268 valence electrons. The number of hydrogen-bond donors (Lipinski definition) is 3. The lowest BCUT2D eigenvalue weighted by molar-refractivity contribution is -0.328. The summed E-state index contributed by atoms with van der Waals surface area (Å²) in [5.41, 5.74) is -3.04. The van der Waals surface area contributed by atoms with Crippen molar-refractivity contribution in [1.29, 1.82) is 0 Å². The molecule has 2 heterocycles. The number of piperidine rings is 1. The van der Waals surface area contributed by atoms with Crippen LogP contribution >= 0.6 is 0 Å². The molecule has 1 spiro atoms. The van der Waals surface area contributed by atoms with Crippen LogP contribution in [0.15, 0.2) is 54.9 Å². The first kappa shape index (κ1) is 33.9. The number of methoxy groups -OCH3 is 3. The van der Waals surface area contributed by atoms with Gasteiger partial charge in [-0.1, -0.05) is 25.1 Å². The van der Waals surface area contributed by atoms with Crippen molar-refractivity contribution in [3.63, 3.8) is 0 Å². The van der Waals surface area contributed by atoms with Gasteiger partial charge in [0.15, 0.2) is 0 Å². The predicted octanol–water partition coefficient (Wildman–Crippen LogP) is 3.70. The van der Waals surface area contributed by atoms with Crippen LogP contribution in [0.25, 0.3) is 6.08 Å². The zero-order valence-corrected chi connectivity index (χ0v) is 29.3. The number of carbonyl (C=O) groups is 2. The van der Waals surface area contributed by atoms with Crippen molar-refractivity contribution in [3.05, 3.63) is 66.0 Å². The monoisotopic (exact) mass is 687 g/mol. The molecule has 12 atom stereocenters. The number of hydrogen-bond acceptors (Lipinski definition) is 10. The average Bonchev–Trinajstić information content (AvgIpc) is 3.52. The Hall–Kier alpha value is -3.19. The van der Waals surface area contributed by atoms with Crippen LogP contribution in [-0.2, 0) is 23.7 Å². The minimum atomic E-state index is -1.52. The van der Waals surface area contributed by atoms with Gasteiger partial charge in [-0.3, -0.25) is 14.7 Å². The second kappa shape index (κ2) is 12.2. The number of nitrogens with zero attached hydrogens (tertiary/aromatic N) is 2. The van der Waals surface area contributed by atoms with Crippen molar-refractivity contribution in [2.75, 3.05) is 39.7 Å². The van der Waals surface area contributed by atoms with Crippen LogP contribution in [0.3, 0.4) is 0 Å². The Morgan fingerprint density at radius 3 is 2.58 bits per heavy atom. The maximum atomic E-state index is 14.4. The summed E-state index contributed by atoms with van der Waals surface area (Å²) >= 11 is 0. The Kier molecular flexibility index (Phi) is 8.28. The Balaban J connectivity index is 1.18. The number of aliphatic hydroxyl groups is 2. The number of aromatic nitrogens is 1.